The van der Waals surface area contributed by atoms with Gasteiger partial charge in [0, 0.05) is 13.2 Å². The highest BCUT2D eigenvalue weighted by Gasteiger charge is 2.40. The molecule has 1 aromatic heterocycles. The van der Waals surface area contributed by atoms with Crippen molar-refractivity contribution in [3.8, 4) is 0 Å². The third kappa shape index (κ3) is 1.76. The number of nitrogens with zero attached hydrogens (tertiary/aromatic N) is 2. The molecule has 1 atom stereocenters. The van der Waals surface area contributed by atoms with E-state index in [1.54, 1.807) is 0 Å². The van der Waals surface area contributed by atoms with Crippen LogP contribution in [0.3, 0.4) is 0 Å². The fourth-order valence-corrected chi connectivity index (χ4v) is 0.747. The molecule has 1 heterocycles. The lowest BCUT2D eigenvalue weighted by Crippen LogP contribution is -2.20. The fraction of sp³-hybridized carbons (Fsp3) is 0.500. The maximum Gasteiger partial charge on any atom is 0.420 e. The normalized spacial score (nSPS) is 14.8. The number of hydrogen-bond acceptors (Lipinski definition) is 2. The summed E-state index contributed by atoms with van der Waals surface area (Å²) >= 11 is 0. The van der Waals surface area contributed by atoms with Crippen LogP contribution in [-0.2, 0) is 7.05 Å². The zero-order valence-corrected chi connectivity index (χ0v) is 6.21. The van der Waals surface area contributed by atoms with Crippen LogP contribution < -0.4 is 0 Å². The highest BCUT2D eigenvalue weighted by atomic mass is 19.4. The first-order valence-electron chi connectivity index (χ1n) is 3.15. The molecule has 68 valence electrons. The van der Waals surface area contributed by atoms with Gasteiger partial charge in [-0.15, -0.1) is 0 Å². The molecule has 1 N–H and O–H groups in total. The van der Waals surface area contributed by atoms with Crippen LogP contribution >= 0.6 is 0 Å². The average molecular weight is 180 g/mol. The van der Waals surface area contributed by atoms with Crippen molar-refractivity contribution in [2.45, 2.75) is 12.3 Å². The molecule has 0 aliphatic rings. The molecule has 1 unspecified atom stereocenters. The van der Waals surface area contributed by atoms with Crippen molar-refractivity contribution in [2.24, 2.45) is 7.05 Å². The summed E-state index contributed by atoms with van der Waals surface area (Å²) in [5.74, 6) is 0. The van der Waals surface area contributed by atoms with Crippen LogP contribution in [0.15, 0.2) is 12.3 Å². The molecule has 0 saturated heterocycles. The summed E-state index contributed by atoms with van der Waals surface area (Å²) in [4.78, 5) is 0. The third-order valence-corrected chi connectivity index (χ3v) is 1.32. The van der Waals surface area contributed by atoms with Crippen molar-refractivity contribution < 1.29 is 18.3 Å². The zero-order valence-electron chi connectivity index (χ0n) is 6.21. The van der Waals surface area contributed by atoms with Crippen LogP contribution in [0.4, 0.5) is 13.2 Å². The molecular weight excluding hydrogens is 173 g/mol. The molecule has 0 fully saturated rings. The summed E-state index contributed by atoms with van der Waals surface area (Å²) in [7, 11) is 1.48. The van der Waals surface area contributed by atoms with E-state index in [2.05, 4.69) is 5.10 Å². The van der Waals surface area contributed by atoms with Gasteiger partial charge < -0.3 is 5.11 Å². The van der Waals surface area contributed by atoms with E-state index in [0.717, 1.165) is 6.07 Å². The molecule has 0 amide bonds. The van der Waals surface area contributed by atoms with E-state index in [-0.39, 0.29) is 5.69 Å². The van der Waals surface area contributed by atoms with Gasteiger partial charge in [0.1, 0.15) is 5.69 Å². The summed E-state index contributed by atoms with van der Waals surface area (Å²) in [5, 5.41) is 12.1. The number of hydrogen-bond donors (Lipinski definition) is 1. The van der Waals surface area contributed by atoms with Gasteiger partial charge in [0.05, 0.1) is 0 Å². The molecule has 0 radical (unpaired) electrons. The van der Waals surface area contributed by atoms with E-state index in [9.17, 15) is 13.2 Å². The Morgan fingerprint density at radius 1 is 1.58 bits per heavy atom. The van der Waals surface area contributed by atoms with E-state index >= 15 is 0 Å². The van der Waals surface area contributed by atoms with Crippen molar-refractivity contribution in [3.05, 3.63) is 18.0 Å². The zero-order chi connectivity index (χ0) is 9.35. The third-order valence-electron chi connectivity index (χ3n) is 1.32. The molecule has 0 aromatic carbocycles. The van der Waals surface area contributed by atoms with Crippen molar-refractivity contribution in [3.63, 3.8) is 0 Å². The van der Waals surface area contributed by atoms with Gasteiger partial charge in [-0.25, -0.2) is 0 Å². The number of aliphatic hydroxyl groups is 1. The highest BCUT2D eigenvalue weighted by molar-refractivity contribution is 5.04. The maximum absolute atomic E-state index is 11.8. The molecule has 1 rings (SSSR count). The molecule has 0 aliphatic carbocycles. The summed E-state index contributed by atoms with van der Waals surface area (Å²) < 4.78 is 36.7. The number of aryl methyl sites for hydroxylation is 1. The first kappa shape index (κ1) is 9.05. The maximum atomic E-state index is 11.8. The Morgan fingerprint density at radius 3 is 2.50 bits per heavy atom. The quantitative estimate of drug-likeness (QED) is 0.700. The summed E-state index contributed by atoms with van der Waals surface area (Å²) in [6, 6.07) is 1.12. The van der Waals surface area contributed by atoms with Crippen LogP contribution in [-0.4, -0.2) is 21.1 Å². The van der Waals surface area contributed by atoms with Crippen molar-refractivity contribution in [1.82, 2.24) is 9.78 Å². The van der Waals surface area contributed by atoms with Gasteiger partial charge in [-0.3, -0.25) is 4.68 Å². The van der Waals surface area contributed by atoms with E-state index in [4.69, 9.17) is 5.11 Å². The fourth-order valence-electron chi connectivity index (χ4n) is 0.747. The Morgan fingerprint density at radius 2 is 2.17 bits per heavy atom. The largest absolute Gasteiger partial charge is 0.420 e. The predicted molar refractivity (Wildman–Crippen MR) is 34.2 cm³/mol. The first-order chi connectivity index (χ1) is 5.41. The Bertz CT molecular complexity index is 268. The Labute approximate surface area is 66.4 Å². The standard InChI is InChI=1S/C6H7F3N2O/c1-11-3-2-4(10-11)5(12)6(7,8)9/h2-3,5,12H,1H3. The van der Waals surface area contributed by atoms with Crippen molar-refractivity contribution in [1.29, 1.82) is 0 Å². The summed E-state index contributed by atoms with van der Waals surface area (Å²) in [6.07, 6.45) is -5.79. The molecule has 0 aliphatic heterocycles. The highest BCUT2D eigenvalue weighted by Crippen LogP contribution is 2.30. The lowest BCUT2D eigenvalue weighted by Gasteiger charge is -2.11. The molecule has 0 spiro atoms. The first-order valence-corrected chi connectivity index (χ1v) is 3.15. The molecule has 0 saturated carbocycles. The number of aliphatic hydroxyl groups excluding tert-OH is 1. The van der Waals surface area contributed by atoms with Crippen molar-refractivity contribution in [2.75, 3.05) is 0 Å². The second kappa shape index (κ2) is 2.78. The predicted octanol–water partition coefficient (Wildman–Crippen LogP) is 1.02. The van der Waals surface area contributed by atoms with Gasteiger partial charge >= 0.3 is 6.18 Å². The molecule has 6 heteroatoms. The monoisotopic (exact) mass is 180 g/mol. The number of alkyl halides is 3. The average Bonchev–Trinajstić information content (AvgIpc) is 2.32. The van der Waals surface area contributed by atoms with Gasteiger partial charge in [0.15, 0.2) is 6.10 Å². The SMILES string of the molecule is Cn1ccc(C(O)C(F)(F)F)n1. The Balaban J connectivity index is 2.85. The summed E-state index contributed by atoms with van der Waals surface area (Å²) in [5.41, 5.74) is -0.384. The smallest absolute Gasteiger partial charge is 0.378 e. The lowest BCUT2D eigenvalue weighted by atomic mass is 10.2. The van der Waals surface area contributed by atoms with E-state index in [1.807, 2.05) is 0 Å². The van der Waals surface area contributed by atoms with Crippen LogP contribution in [0.2, 0.25) is 0 Å². The minimum absolute atomic E-state index is 0.384. The molecule has 1 aromatic rings. The van der Waals surface area contributed by atoms with Gasteiger partial charge in [0.2, 0.25) is 0 Å². The second-order valence-electron chi connectivity index (χ2n) is 2.36. The Kier molecular flexibility index (Phi) is 2.10. The molecular formula is C6H7F3N2O. The van der Waals surface area contributed by atoms with Crippen molar-refractivity contribution >= 4 is 0 Å². The minimum Gasteiger partial charge on any atom is -0.378 e. The van der Waals surface area contributed by atoms with Crippen LogP contribution in [0.5, 0.6) is 0 Å². The van der Waals surface area contributed by atoms with Gasteiger partial charge in [0.25, 0.3) is 0 Å². The number of aromatic nitrogens is 2. The number of halogens is 3. The molecule has 3 nitrogen and oxygen atoms in total. The second-order valence-corrected chi connectivity index (χ2v) is 2.36. The number of rotatable bonds is 1. The minimum atomic E-state index is -4.64. The van der Waals surface area contributed by atoms with E-state index < -0.39 is 12.3 Å². The van der Waals surface area contributed by atoms with E-state index in [0.29, 0.717) is 0 Å². The van der Waals surface area contributed by atoms with Gasteiger partial charge in [-0.2, -0.15) is 18.3 Å². The van der Waals surface area contributed by atoms with Crippen LogP contribution in [0.25, 0.3) is 0 Å². The molecule has 12 heavy (non-hydrogen) atoms. The van der Waals surface area contributed by atoms with E-state index in [1.165, 1.54) is 17.9 Å². The summed E-state index contributed by atoms with van der Waals surface area (Å²) in [6.45, 7) is 0. The van der Waals surface area contributed by atoms with Gasteiger partial charge in [-0.1, -0.05) is 0 Å². The van der Waals surface area contributed by atoms with Gasteiger partial charge in [-0.05, 0) is 6.07 Å². The Hall–Kier alpha value is -1.04. The lowest BCUT2D eigenvalue weighted by molar-refractivity contribution is -0.208. The topological polar surface area (TPSA) is 38.0 Å². The van der Waals surface area contributed by atoms with Crippen LogP contribution in [0.1, 0.15) is 11.8 Å². The molecule has 0 bridgehead atoms. The van der Waals surface area contributed by atoms with Crippen LogP contribution in [0, 0.1) is 0 Å².